The molecule has 0 fully saturated rings. The molecule has 1 aliphatic heterocycles. The molecule has 1 N–H and O–H groups in total. The zero-order valence-electron chi connectivity index (χ0n) is 16.5. The lowest BCUT2D eigenvalue weighted by atomic mass is 9.94. The van der Waals surface area contributed by atoms with Gasteiger partial charge in [0.15, 0.2) is 11.7 Å². The van der Waals surface area contributed by atoms with Gasteiger partial charge in [-0.25, -0.2) is 4.79 Å². The van der Waals surface area contributed by atoms with E-state index < -0.39 is 6.04 Å². The van der Waals surface area contributed by atoms with E-state index in [2.05, 4.69) is 5.32 Å². The van der Waals surface area contributed by atoms with Crippen LogP contribution >= 0.6 is 12.2 Å². The van der Waals surface area contributed by atoms with Gasteiger partial charge in [0, 0.05) is 12.8 Å². The van der Waals surface area contributed by atoms with Gasteiger partial charge < -0.3 is 24.4 Å². The minimum Gasteiger partial charge on any atom is -0.479 e. The highest BCUT2D eigenvalue weighted by molar-refractivity contribution is 7.80. The summed E-state index contributed by atoms with van der Waals surface area (Å²) in [7, 11) is 1.63. The third kappa shape index (κ3) is 4.80. The summed E-state index contributed by atoms with van der Waals surface area (Å²) in [6.07, 6.45) is 0. The molecule has 0 unspecified atom stereocenters. The zero-order chi connectivity index (χ0) is 20.7. The van der Waals surface area contributed by atoms with Crippen LogP contribution in [0.25, 0.3) is 0 Å². The van der Waals surface area contributed by atoms with Gasteiger partial charge in [-0.2, -0.15) is 5.26 Å². The predicted molar refractivity (Wildman–Crippen MR) is 109 cm³/mol. The zero-order valence-corrected chi connectivity index (χ0v) is 17.3. The van der Waals surface area contributed by atoms with Crippen molar-refractivity contribution >= 4 is 23.3 Å². The number of esters is 1. The van der Waals surface area contributed by atoms with E-state index in [1.165, 1.54) is 0 Å². The van der Waals surface area contributed by atoms with Crippen LogP contribution in [0, 0.1) is 11.3 Å². The van der Waals surface area contributed by atoms with Crippen molar-refractivity contribution in [2.45, 2.75) is 32.9 Å². The van der Waals surface area contributed by atoms with E-state index in [-0.39, 0.29) is 25.2 Å². The number of nitriles is 1. The van der Waals surface area contributed by atoms with Crippen LogP contribution in [0.3, 0.4) is 0 Å². The average molecular weight is 404 g/mol. The van der Waals surface area contributed by atoms with Crippen LogP contribution in [-0.4, -0.2) is 49.0 Å². The fourth-order valence-electron chi connectivity index (χ4n) is 3.20. The standard InChI is InChI=1S/C20H25N3O4S/c1-5-26-19(24)17-14(3)23(13(2)12-25-4)20(28)22-18(17)15-6-8-16(9-7-15)27-11-10-21/h6-9,13,18H,5,11-12H2,1-4H3,(H,22,28)/t13-,18+/m0/s1. The lowest BCUT2D eigenvalue weighted by Gasteiger charge is -2.40. The number of carbonyl (C=O) groups excluding carboxylic acids is 1. The largest absolute Gasteiger partial charge is 0.479 e. The molecule has 0 aromatic heterocycles. The Morgan fingerprint density at radius 3 is 2.64 bits per heavy atom. The number of rotatable bonds is 8. The molecule has 1 aromatic rings. The fourth-order valence-corrected chi connectivity index (χ4v) is 3.63. The maximum absolute atomic E-state index is 12.8. The molecule has 0 saturated heterocycles. The molecule has 0 aliphatic carbocycles. The fraction of sp³-hybridized carbons (Fsp3) is 0.450. The first-order valence-electron chi connectivity index (χ1n) is 9.00. The van der Waals surface area contributed by atoms with Crippen LogP contribution in [0.15, 0.2) is 35.5 Å². The molecule has 1 aromatic carbocycles. The van der Waals surface area contributed by atoms with E-state index >= 15 is 0 Å². The average Bonchev–Trinajstić information content (AvgIpc) is 2.66. The normalized spacial score (nSPS) is 17.6. The molecule has 2 atom stereocenters. The summed E-state index contributed by atoms with van der Waals surface area (Å²) in [6.45, 7) is 6.33. The summed E-state index contributed by atoms with van der Waals surface area (Å²) in [5, 5.41) is 12.4. The van der Waals surface area contributed by atoms with E-state index in [0.717, 1.165) is 11.3 Å². The Morgan fingerprint density at radius 1 is 1.39 bits per heavy atom. The monoisotopic (exact) mass is 403 g/mol. The molecule has 150 valence electrons. The minimum absolute atomic E-state index is 0.0233. The number of ether oxygens (including phenoxy) is 3. The molecule has 0 saturated carbocycles. The van der Waals surface area contributed by atoms with E-state index in [0.29, 0.717) is 23.0 Å². The first kappa shape index (κ1) is 21.7. The summed E-state index contributed by atoms with van der Waals surface area (Å²) < 4.78 is 15.8. The van der Waals surface area contributed by atoms with E-state index in [9.17, 15) is 4.79 Å². The van der Waals surface area contributed by atoms with Crippen molar-refractivity contribution in [1.29, 1.82) is 5.26 Å². The van der Waals surface area contributed by atoms with E-state index in [4.69, 9.17) is 31.7 Å². The van der Waals surface area contributed by atoms with Crippen LogP contribution in [-0.2, 0) is 14.3 Å². The van der Waals surface area contributed by atoms with E-state index in [1.807, 2.05) is 36.9 Å². The van der Waals surface area contributed by atoms with Gasteiger partial charge in [0.1, 0.15) is 11.8 Å². The smallest absolute Gasteiger partial charge is 0.338 e. The molecular formula is C20H25N3O4S. The van der Waals surface area contributed by atoms with E-state index in [1.54, 1.807) is 26.2 Å². The van der Waals surface area contributed by atoms with Gasteiger partial charge in [0.05, 0.1) is 30.9 Å². The molecule has 0 amide bonds. The van der Waals surface area contributed by atoms with Crippen molar-refractivity contribution < 1.29 is 19.0 Å². The number of benzene rings is 1. The molecule has 0 radical (unpaired) electrons. The molecule has 0 bridgehead atoms. The molecular weight excluding hydrogens is 378 g/mol. The van der Waals surface area contributed by atoms with Crippen LogP contribution in [0.1, 0.15) is 32.4 Å². The Labute approximate surface area is 170 Å². The third-order valence-corrected chi connectivity index (χ3v) is 4.70. The molecule has 1 heterocycles. The maximum atomic E-state index is 12.8. The number of nitrogens with zero attached hydrogens (tertiary/aromatic N) is 2. The number of allylic oxidation sites excluding steroid dienone is 1. The van der Waals surface area contributed by atoms with Crippen LogP contribution < -0.4 is 10.1 Å². The van der Waals surface area contributed by atoms with Crippen molar-refractivity contribution in [2.24, 2.45) is 0 Å². The van der Waals surface area contributed by atoms with Crippen molar-refractivity contribution in [3.8, 4) is 11.8 Å². The summed E-state index contributed by atoms with van der Waals surface area (Å²) in [4.78, 5) is 14.6. The summed E-state index contributed by atoms with van der Waals surface area (Å²) in [6, 6.07) is 8.65. The minimum atomic E-state index is -0.442. The Balaban J connectivity index is 2.43. The predicted octanol–water partition coefficient (Wildman–Crippen LogP) is 2.69. The van der Waals surface area contributed by atoms with Gasteiger partial charge >= 0.3 is 5.97 Å². The number of carbonyl (C=O) groups is 1. The maximum Gasteiger partial charge on any atom is 0.338 e. The lowest BCUT2D eigenvalue weighted by molar-refractivity contribution is -0.139. The molecule has 7 nitrogen and oxygen atoms in total. The molecule has 1 aliphatic rings. The summed E-state index contributed by atoms with van der Waals surface area (Å²) >= 11 is 5.57. The van der Waals surface area contributed by atoms with Gasteiger partial charge in [-0.3, -0.25) is 0 Å². The number of thiocarbonyl (C=S) groups is 1. The summed E-state index contributed by atoms with van der Waals surface area (Å²) in [5.74, 6) is 0.192. The number of methoxy groups -OCH3 is 1. The molecule has 8 heteroatoms. The lowest BCUT2D eigenvalue weighted by Crippen LogP contribution is -2.52. The highest BCUT2D eigenvalue weighted by Gasteiger charge is 2.36. The highest BCUT2D eigenvalue weighted by atomic mass is 32.1. The van der Waals surface area contributed by atoms with Gasteiger partial charge in [0.25, 0.3) is 0 Å². The second-order valence-electron chi connectivity index (χ2n) is 6.29. The summed E-state index contributed by atoms with van der Waals surface area (Å²) in [5.41, 5.74) is 2.08. The topological polar surface area (TPSA) is 83.8 Å². The van der Waals surface area contributed by atoms with Crippen LogP contribution in [0.5, 0.6) is 5.75 Å². The number of nitrogens with one attached hydrogen (secondary N) is 1. The number of hydrogen-bond donors (Lipinski definition) is 1. The first-order chi connectivity index (χ1) is 13.4. The Bertz CT molecular complexity index is 786. The van der Waals surface area contributed by atoms with Crippen LogP contribution in [0.4, 0.5) is 0 Å². The third-order valence-electron chi connectivity index (χ3n) is 4.39. The van der Waals surface area contributed by atoms with Gasteiger partial charge in [-0.1, -0.05) is 12.1 Å². The van der Waals surface area contributed by atoms with Crippen molar-refractivity contribution in [3.05, 3.63) is 41.1 Å². The van der Waals surface area contributed by atoms with Gasteiger partial charge in [-0.05, 0) is 50.7 Å². The van der Waals surface area contributed by atoms with Gasteiger partial charge in [0.2, 0.25) is 0 Å². The van der Waals surface area contributed by atoms with Crippen molar-refractivity contribution in [3.63, 3.8) is 0 Å². The highest BCUT2D eigenvalue weighted by Crippen LogP contribution is 2.33. The van der Waals surface area contributed by atoms with Gasteiger partial charge in [-0.15, -0.1) is 0 Å². The molecule has 0 spiro atoms. The second kappa shape index (κ2) is 10.1. The first-order valence-corrected chi connectivity index (χ1v) is 9.41. The quantitative estimate of drug-likeness (QED) is 0.524. The molecule has 28 heavy (non-hydrogen) atoms. The second-order valence-corrected chi connectivity index (χ2v) is 6.68. The van der Waals surface area contributed by atoms with Crippen molar-refractivity contribution in [2.75, 3.05) is 26.9 Å². The van der Waals surface area contributed by atoms with Crippen molar-refractivity contribution in [1.82, 2.24) is 10.2 Å². The van der Waals surface area contributed by atoms with Crippen LogP contribution in [0.2, 0.25) is 0 Å². The molecule has 2 rings (SSSR count). The SMILES string of the molecule is CCOC(=O)C1=C(C)N([C@@H](C)COC)C(=S)N[C@@H]1c1ccc(OCC#N)cc1. The number of hydrogen-bond acceptors (Lipinski definition) is 6. The Kier molecular flexibility index (Phi) is 7.79. The Hall–Kier alpha value is -2.63. The Morgan fingerprint density at radius 2 is 2.07 bits per heavy atom.